The van der Waals surface area contributed by atoms with Gasteiger partial charge in [-0.15, -0.1) is 10.2 Å². The van der Waals surface area contributed by atoms with E-state index in [0.717, 1.165) is 28.8 Å². The number of thioether (sulfide) groups is 1. The van der Waals surface area contributed by atoms with E-state index in [0.29, 0.717) is 11.1 Å². The van der Waals surface area contributed by atoms with E-state index in [1.807, 2.05) is 62.4 Å². The van der Waals surface area contributed by atoms with Crippen LogP contribution in [0.15, 0.2) is 58.2 Å². The molecule has 0 bridgehead atoms. The fourth-order valence-corrected chi connectivity index (χ4v) is 3.18. The molecule has 0 aliphatic rings. The van der Waals surface area contributed by atoms with Crippen molar-refractivity contribution in [2.24, 2.45) is 0 Å². The zero-order chi connectivity index (χ0) is 19.2. The topological polar surface area (TPSA) is 95.7 Å². The Labute approximate surface area is 162 Å². The van der Waals surface area contributed by atoms with Gasteiger partial charge in [0.05, 0.1) is 5.75 Å². The number of carbonyl (C=O) groups is 1. The minimum Gasteiger partial charge on any atom is -0.410 e. The maximum absolute atomic E-state index is 12.2. The number of aryl methyl sites for hydroxylation is 2. The molecule has 2 aromatic carbocycles. The summed E-state index contributed by atoms with van der Waals surface area (Å²) in [6.45, 7) is 3.96. The highest BCUT2D eigenvalue weighted by Gasteiger charge is 2.19. The highest BCUT2D eigenvalue weighted by molar-refractivity contribution is 7.99. The number of amides is 1. The molecule has 7 heteroatoms. The normalized spacial score (nSPS) is 12.0. The lowest BCUT2D eigenvalue weighted by Crippen LogP contribution is -2.54. The smallest absolute Gasteiger partial charge is 0.277 e. The summed E-state index contributed by atoms with van der Waals surface area (Å²) in [5.41, 5.74) is 8.22. The van der Waals surface area contributed by atoms with E-state index in [1.165, 1.54) is 11.8 Å². The van der Waals surface area contributed by atoms with Gasteiger partial charge in [-0.3, -0.25) is 4.79 Å². The molecule has 0 spiro atoms. The molecule has 4 N–H and O–H groups in total. The van der Waals surface area contributed by atoms with E-state index in [4.69, 9.17) is 4.42 Å². The molecule has 0 unspecified atom stereocenters. The maximum Gasteiger partial charge on any atom is 0.277 e. The molecular weight excluding hydrogens is 360 g/mol. The fourth-order valence-electron chi connectivity index (χ4n) is 2.61. The van der Waals surface area contributed by atoms with Crippen LogP contribution in [0.2, 0.25) is 0 Å². The Morgan fingerprint density at radius 1 is 1.19 bits per heavy atom. The summed E-state index contributed by atoms with van der Waals surface area (Å²) in [7, 11) is 0. The van der Waals surface area contributed by atoms with Crippen LogP contribution in [0, 0.1) is 13.8 Å². The number of nitrogens with zero attached hydrogens (tertiary/aromatic N) is 2. The van der Waals surface area contributed by atoms with E-state index >= 15 is 0 Å². The third-order valence-corrected chi connectivity index (χ3v) is 4.91. The fraction of sp³-hybridized carbons (Fsp3) is 0.250. The van der Waals surface area contributed by atoms with Crippen LogP contribution in [0.5, 0.6) is 0 Å². The zero-order valence-corrected chi connectivity index (χ0v) is 16.3. The lowest BCUT2D eigenvalue weighted by Gasteiger charge is -2.08. The minimum atomic E-state index is -0.127. The summed E-state index contributed by atoms with van der Waals surface area (Å²) in [5.74, 6) is 0.579. The minimum absolute atomic E-state index is 0.107. The van der Waals surface area contributed by atoms with E-state index < -0.39 is 0 Å². The van der Waals surface area contributed by atoms with Crippen LogP contribution in [0.25, 0.3) is 0 Å². The number of anilines is 1. The summed E-state index contributed by atoms with van der Waals surface area (Å²) in [6.07, 6.45) is 0.722. The molecular formula is C20H23N4O2S+. The average molecular weight is 383 g/mol. The Balaban J connectivity index is 1.53. The summed E-state index contributed by atoms with van der Waals surface area (Å²) in [4.78, 5) is 12.2. The lowest BCUT2D eigenvalue weighted by molar-refractivity contribution is -0.431. The molecule has 0 fully saturated rings. The maximum atomic E-state index is 12.2. The largest absolute Gasteiger partial charge is 0.410 e. The van der Waals surface area contributed by atoms with Crippen molar-refractivity contribution >= 4 is 23.4 Å². The highest BCUT2D eigenvalue weighted by Crippen LogP contribution is 2.21. The molecule has 6 nitrogen and oxygen atoms in total. The number of nitrogens with one attached hydrogen (secondary N) is 1. The van der Waals surface area contributed by atoms with Gasteiger partial charge in [0.2, 0.25) is 5.91 Å². The van der Waals surface area contributed by atoms with Crippen molar-refractivity contribution in [2.75, 3.05) is 11.1 Å². The van der Waals surface area contributed by atoms with Crippen LogP contribution >= 0.6 is 11.8 Å². The predicted molar refractivity (Wildman–Crippen MR) is 105 cm³/mol. The number of hydrogen-bond donors (Lipinski definition) is 2. The van der Waals surface area contributed by atoms with Crippen molar-refractivity contribution in [3.05, 3.63) is 71.1 Å². The second-order valence-corrected chi connectivity index (χ2v) is 7.37. The quantitative estimate of drug-likeness (QED) is 0.612. The van der Waals surface area contributed by atoms with Crippen molar-refractivity contribution in [3.63, 3.8) is 0 Å². The first kappa shape index (κ1) is 19.1. The van der Waals surface area contributed by atoms with Gasteiger partial charge in [-0.1, -0.05) is 54.2 Å². The molecule has 0 radical (unpaired) electrons. The number of benzene rings is 2. The number of carbonyl (C=O) groups excluding carboxylic acids is 1. The van der Waals surface area contributed by atoms with Gasteiger partial charge in [-0.2, -0.15) is 0 Å². The Morgan fingerprint density at radius 2 is 1.96 bits per heavy atom. The number of rotatable bonds is 7. The predicted octanol–water partition coefficient (Wildman–Crippen LogP) is 2.94. The number of quaternary nitrogens is 1. The van der Waals surface area contributed by atoms with Crippen molar-refractivity contribution in [1.82, 2.24) is 10.2 Å². The van der Waals surface area contributed by atoms with Crippen LogP contribution in [-0.4, -0.2) is 21.9 Å². The van der Waals surface area contributed by atoms with Crippen LogP contribution < -0.4 is 11.1 Å². The number of aromatic nitrogens is 2. The average Bonchev–Trinajstić information content (AvgIpc) is 3.13. The van der Waals surface area contributed by atoms with Gasteiger partial charge in [-0.25, -0.2) is 0 Å². The van der Waals surface area contributed by atoms with Gasteiger partial charge in [0.1, 0.15) is 0 Å². The van der Waals surface area contributed by atoms with E-state index in [2.05, 4.69) is 21.2 Å². The first-order valence-corrected chi connectivity index (χ1v) is 9.70. The van der Waals surface area contributed by atoms with Gasteiger partial charge in [-0.05, 0) is 36.6 Å². The second kappa shape index (κ2) is 8.83. The molecule has 1 amide bonds. The second-order valence-electron chi connectivity index (χ2n) is 6.45. The van der Waals surface area contributed by atoms with E-state index in [9.17, 15) is 4.79 Å². The summed E-state index contributed by atoms with van der Waals surface area (Å²) in [6, 6.07) is 15.9. The van der Waals surface area contributed by atoms with Gasteiger partial charge >= 0.3 is 0 Å². The summed E-state index contributed by atoms with van der Waals surface area (Å²) in [5, 5.41) is 11.4. The first-order chi connectivity index (χ1) is 13.0. The molecule has 1 aromatic heterocycles. The molecule has 3 aromatic rings. The van der Waals surface area contributed by atoms with Crippen LogP contribution in [0.4, 0.5) is 5.69 Å². The molecule has 140 valence electrons. The zero-order valence-electron chi connectivity index (χ0n) is 15.4. The van der Waals surface area contributed by atoms with Crippen molar-refractivity contribution in [1.29, 1.82) is 0 Å². The summed E-state index contributed by atoms with van der Waals surface area (Å²) >= 11 is 1.22. The standard InChI is InChI=1S/C20H22N4O2S/c1-13-8-9-14(2)17(10-13)22-18(25)12-27-20-24-23-19(26-20)16(21)11-15-6-4-3-5-7-15/h3-10,16H,11-12,21H2,1-2H3,(H,22,25)/p+1/t16-/m0/s1. The molecule has 1 heterocycles. The van der Waals surface area contributed by atoms with Crippen LogP contribution in [0.3, 0.4) is 0 Å². The molecule has 0 aliphatic carbocycles. The Kier molecular flexibility index (Phi) is 6.26. The lowest BCUT2D eigenvalue weighted by atomic mass is 10.1. The Hall–Kier alpha value is -2.64. The van der Waals surface area contributed by atoms with Gasteiger partial charge in [0.15, 0.2) is 6.04 Å². The molecule has 1 atom stereocenters. The van der Waals surface area contributed by atoms with Crippen molar-refractivity contribution < 1.29 is 14.9 Å². The Bertz CT molecular complexity index is 911. The van der Waals surface area contributed by atoms with Crippen molar-refractivity contribution in [2.45, 2.75) is 31.5 Å². The highest BCUT2D eigenvalue weighted by atomic mass is 32.2. The molecule has 27 heavy (non-hydrogen) atoms. The number of hydrogen-bond acceptors (Lipinski definition) is 5. The van der Waals surface area contributed by atoms with E-state index in [-0.39, 0.29) is 17.7 Å². The molecule has 0 saturated heterocycles. The molecule has 0 saturated carbocycles. The summed E-state index contributed by atoms with van der Waals surface area (Å²) < 4.78 is 5.66. The SMILES string of the molecule is Cc1ccc(C)c(NC(=O)CSc2nnc([C@@H]([NH3+])Cc3ccccc3)o2)c1. The van der Waals surface area contributed by atoms with Crippen molar-refractivity contribution in [3.8, 4) is 0 Å². The van der Waals surface area contributed by atoms with Crippen LogP contribution in [0.1, 0.15) is 28.6 Å². The van der Waals surface area contributed by atoms with Gasteiger partial charge in [0, 0.05) is 12.1 Å². The third kappa shape index (κ3) is 5.42. The van der Waals surface area contributed by atoms with E-state index in [1.54, 1.807) is 0 Å². The first-order valence-electron chi connectivity index (χ1n) is 8.71. The van der Waals surface area contributed by atoms with Gasteiger partial charge in [0.25, 0.3) is 11.1 Å². The van der Waals surface area contributed by atoms with Gasteiger partial charge < -0.3 is 15.5 Å². The Morgan fingerprint density at radius 3 is 2.74 bits per heavy atom. The third-order valence-electron chi connectivity index (χ3n) is 4.09. The molecule has 3 rings (SSSR count). The monoisotopic (exact) mass is 383 g/mol. The molecule has 0 aliphatic heterocycles. The van der Waals surface area contributed by atoms with Crippen LogP contribution in [-0.2, 0) is 11.2 Å².